The number of hydrogen-bond donors (Lipinski definition) is 1. The van der Waals surface area contributed by atoms with Crippen molar-refractivity contribution in [1.82, 2.24) is 5.43 Å². The van der Waals surface area contributed by atoms with Crippen molar-refractivity contribution in [2.45, 2.75) is 0 Å². The van der Waals surface area contributed by atoms with E-state index in [9.17, 15) is 9.18 Å². The first-order chi connectivity index (χ1) is 11.6. The summed E-state index contributed by atoms with van der Waals surface area (Å²) in [6.45, 7) is 0. The van der Waals surface area contributed by atoms with Crippen LogP contribution in [0.4, 0.5) is 4.39 Å². The van der Waals surface area contributed by atoms with Crippen LogP contribution in [0.1, 0.15) is 15.2 Å². The van der Waals surface area contributed by atoms with Crippen molar-refractivity contribution in [1.29, 1.82) is 0 Å². The number of amides is 1. The number of nitrogens with zero attached hydrogens (tertiary/aromatic N) is 1. The molecule has 4 nitrogen and oxygen atoms in total. The van der Waals surface area contributed by atoms with Crippen LogP contribution in [0.25, 0.3) is 10.1 Å². The van der Waals surface area contributed by atoms with Gasteiger partial charge in [0.05, 0.1) is 18.3 Å². The third-order valence-corrected chi connectivity index (χ3v) is 4.95. The van der Waals surface area contributed by atoms with Gasteiger partial charge in [-0.15, -0.1) is 11.3 Å². The van der Waals surface area contributed by atoms with Gasteiger partial charge in [0.15, 0.2) is 0 Å². The third-order valence-electron chi connectivity index (χ3n) is 3.29. The van der Waals surface area contributed by atoms with Gasteiger partial charge < -0.3 is 4.74 Å². The molecule has 122 valence electrons. The first-order valence-electron chi connectivity index (χ1n) is 6.93. The zero-order valence-corrected chi connectivity index (χ0v) is 14.1. The Morgan fingerprint density at radius 3 is 2.75 bits per heavy atom. The highest BCUT2D eigenvalue weighted by Gasteiger charge is 2.17. The number of methoxy groups -OCH3 is 1. The molecule has 0 spiro atoms. The molecule has 0 aliphatic carbocycles. The van der Waals surface area contributed by atoms with E-state index in [-0.39, 0.29) is 5.82 Å². The van der Waals surface area contributed by atoms with E-state index in [2.05, 4.69) is 10.5 Å². The number of halogens is 2. The Balaban J connectivity index is 1.78. The average Bonchev–Trinajstić information content (AvgIpc) is 2.93. The van der Waals surface area contributed by atoms with E-state index >= 15 is 0 Å². The highest BCUT2D eigenvalue weighted by molar-refractivity contribution is 7.21. The first kappa shape index (κ1) is 16.4. The largest absolute Gasteiger partial charge is 0.497 e. The van der Waals surface area contributed by atoms with Crippen LogP contribution < -0.4 is 10.2 Å². The van der Waals surface area contributed by atoms with E-state index in [1.807, 2.05) is 12.1 Å². The van der Waals surface area contributed by atoms with Gasteiger partial charge in [0.2, 0.25) is 0 Å². The van der Waals surface area contributed by atoms with Crippen molar-refractivity contribution >= 4 is 45.1 Å². The van der Waals surface area contributed by atoms with E-state index in [1.165, 1.54) is 29.7 Å². The summed E-state index contributed by atoms with van der Waals surface area (Å²) in [5, 5.41) is 5.04. The molecule has 1 amide bonds. The molecule has 3 aromatic rings. The van der Waals surface area contributed by atoms with Crippen LogP contribution in [-0.4, -0.2) is 19.2 Å². The minimum atomic E-state index is -0.404. The number of fused-ring (bicyclic) bond motifs is 1. The van der Waals surface area contributed by atoms with Crippen LogP contribution in [0.3, 0.4) is 0 Å². The quantitative estimate of drug-likeness (QED) is 0.550. The topological polar surface area (TPSA) is 50.7 Å². The molecule has 0 fully saturated rings. The van der Waals surface area contributed by atoms with Crippen LogP contribution in [0.2, 0.25) is 5.02 Å². The zero-order valence-electron chi connectivity index (χ0n) is 12.5. The molecule has 0 aliphatic rings. The van der Waals surface area contributed by atoms with Crippen molar-refractivity contribution in [2.75, 3.05) is 7.11 Å². The lowest BCUT2D eigenvalue weighted by Gasteiger charge is -1.98. The molecule has 3 rings (SSSR count). The van der Waals surface area contributed by atoms with Crippen molar-refractivity contribution in [3.8, 4) is 5.75 Å². The van der Waals surface area contributed by atoms with E-state index in [0.29, 0.717) is 21.2 Å². The highest BCUT2D eigenvalue weighted by atomic mass is 35.5. The molecule has 0 bridgehead atoms. The number of benzene rings is 2. The second kappa shape index (κ2) is 6.98. The lowest BCUT2D eigenvalue weighted by Crippen LogP contribution is -2.16. The summed E-state index contributed by atoms with van der Waals surface area (Å²) in [6, 6.07) is 11.2. The smallest absolute Gasteiger partial charge is 0.283 e. The molecule has 0 atom stereocenters. The van der Waals surface area contributed by atoms with Gasteiger partial charge in [-0.3, -0.25) is 4.79 Å². The maximum Gasteiger partial charge on any atom is 0.283 e. The number of rotatable bonds is 4. The van der Waals surface area contributed by atoms with Gasteiger partial charge >= 0.3 is 0 Å². The molecule has 0 saturated heterocycles. The zero-order chi connectivity index (χ0) is 17.1. The summed E-state index contributed by atoms with van der Waals surface area (Å²) in [4.78, 5) is 12.6. The summed E-state index contributed by atoms with van der Waals surface area (Å²) >= 11 is 7.54. The van der Waals surface area contributed by atoms with Crippen LogP contribution in [0.5, 0.6) is 5.75 Å². The fraction of sp³-hybridized carbons (Fsp3) is 0.0588. The van der Waals surface area contributed by atoms with Crippen molar-refractivity contribution in [2.24, 2.45) is 5.10 Å². The summed E-state index contributed by atoms with van der Waals surface area (Å²) < 4.78 is 18.8. The number of hydrogen-bond acceptors (Lipinski definition) is 4. The van der Waals surface area contributed by atoms with Gasteiger partial charge in [-0.2, -0.15) is 5.10 Å². The Labute approximate surface area is 146 Å². The lowest BCUT2D eigenvalue weighted by molar-refractivity contribution is 0.0959. The number of carbonyl (C=O) groups is 1. The van der Waals surface area contributed by atoms with Crippen LogP contribution in [0, 0.1) is 5.82 Å². The van der Waals surface area contributed by atoms with Crippen LogP contribution in [-0.2, 0) is 0 Å². The Morgan fingerprint density at radius 2 is 2.04 bits per heavy atom. The van der Waals surface area contributed by atoms with Crippen molar-refractivity contribution < 1.29 is 13.9 Å². The Kier molecular flexibility index (Phi) is 4.78. The Hall–Kier alpha value is -2.44. The number of ether oxygens (including phenoxy) is 1. The van der Waals surface area contributed by atoms with Gasteiger partial charge in [0.1, 0.15) is 16.4 Å². The molecule has 7 heteroatoms. The SMILES string of the molecule is COc1ccc2c(Cl)c(C(=O)N/N=C\c3ccc(F)cc3)sc2c1. The van der Waals surface area contributed by atoms with Crippen molar-refractivity contribution in [3.63, 3.8) is 0 Å². The molecular weight excluding hydrogens is 351 g/mol. The van der Waals surface area contributed by atoms with Gasteiger partial charge in [0, 0.05) is 10.1 Å². The minimum absolute atomic E-state index is 0.330. The molecule has 1 N–H and O–H groups in total. The van der Waals surface area contributed by atoms with E-state index in [0.717, 1.165) is 10.1 Å². The third kappa shape index (κ3) is 3.39. The summed E-state index contributed by atoms with van der Waals surface area (Å²) in [6.07, 6.45) is 1.43. The Morgan fingerprint density at radius 1 is 1.29 bits per heavy atom. The Bertz CT molecular complexity index is 922. The molecule has 24 heavy (non-hydrogen) atoms. The van der Waals surface area contributed by atoms with E-state index < -0.39 is 5.91 Å². The normalized spacial score (nSPS) is 11.1. The maximum atomic E-state index is 12.8. The van der Waals surface area contributed by atoms with Gasteiger partial charge in [0.25, 0.3) is 5.91 Å². The molecule has 0 aliphatic heterocycles. The fourth-order valence-electron chi connectivity index (χ4n) is 2.08. The molecule has 0 unspecified atom stereocenters. The number of hydrazone groups is 1. The second-order valence-electron chi connectivity index (χ2n) is 4.86. The van der Waals surface area contributed by atoms with Crippen molar-refractivity contribution in [3.05, 3.63) is 63.7 Å². The van der Waals surface area contributed by atoms with Crippen LogP contribution >= 0.6 is 22.9 Å². The second-order valence-corrected chi connectivity index (χ2v) is 6.29. The monoisotopic (exact) mass is 362 g/mol. The predicted octanol–water partition coefficient (Wildman–Crippen LogP) is 4.47. The summed E-state index contributed by atoms with van der Waals surface area (Å²) in [5.41, 5.74) is 3.09. The van der Waals surface area contributed by atoms with E-state index in [4.69, 9.17) is 16.3 Å². The predicted molar refractivity (Wildman–Crippen MR) is 94.8 cm³/mol. The number of carbonyl (C=O) groups excluding carboxylic acids is 1. The van der Waals surface area contributed by atoms with Crippen LogP contribution in [0.15, 0.2) is 47.6 Å². The average molecular weight is 363 g/mol. The fourth-order valence-corrected chi connectivity index (χ4v) is 3.52. The first-order valence-corrected chi connectivity index (χ1v) is 8.13. The molecular formula is C17H12ClFN2O2S. The molecule has 0 radical (unpaired) electrons. The highest BCUT2D eigenvalue weighted by Crippen LogP contribution is 2.37. The van der Waals surface area contributed by atoms with Gasteiger partial charge in [-0.1, -0.05) is 23.7 Å². The standard InChI is InChI=1S/C17H12ClFN2O2S/c1-23-12-6-7-13-14(8-12)24-16(15(13)18)17(22)21-20-9-10-2-4-11(19)5-3-10/h2-9H,1H3,(H,21,22)/b20-9-. The summed E-state index contributed by atoms with van der Waals surface area (Å²) in [7, 11) is 1.58. The maximum absolute atomic E-state index is 12.8. The lowest BCUT2D eigenvalue weighted by atomic mass is 10.2. The minimum Gasteiger partial charge on any atom is -0.497 e. The molecule has 1 aromatic heterocycles. The van der Waals surface area contributed by atoms with E-state index in [1.54, 1.807) is 25.3 Å². The molecule has 2 aromatic carbocycles. The molecule has 1 heterocycles. The summed E-state index contributed by atoms with van der Waals surface area (Å²) in [5.74, 6) is -0.0381. The molecule has 0 saturated carbocycles. The van der Waals surface area contributed by atoms with Gasteiger partial charge in [-0.05, 0) is 35.9 Å². The number of nitrogens with one attached hydrogen (secondary N) is 1. The van der Waals surface area contributed by atoms with Gasteiger partial charge in [-0.25, -0.2) is 9.82 Å². The number of thiophene rings is 1.